The summed E-state index contributed by atoms with van der Waals surface area (Å²) < 4.78 is 0. The lowest BCUT2D eigenvalue weighted by Gasteiger charge is -2.14. The number of Topliss-reactive ketones (excluding diaryl/α,β-unsaturated/α-hetero) is 1. The van der Waals surface area contributed by atoms with Gasteiger partial charge in [0.15, 0.2) is 0 Å². The van der Waals surface area contributed by atoms with Crippen molar-refractivity contribution in [3.8, 4) is 11.1 Å². The van der Waals surface area contributed by atoms with E-state index in [0.29, 0.717) is 5.56 Å². The summed E-state index contributed by atoms with van der Waals surface area (Å²) in [6.07, 6.45) is 2.59. The van der Waals surface area contributed by atoms with Crippen molar-refractivity contribution in [2.75, 3.05) is 0 Å². The molecule has 2 aromatic carbocycles. The second-order valence-corrected chi connectivity index (χ2v) is 6.02. The third-order valence-electron chi connectivity index (χ3n) is 4.34. The van der Waals surface area contributed by atoms with Crippen LogP contribution in [0.4, 0.5) is 5.69 Å². The number of ketones is 1. The van der Waals surface area contributed by atoms with Crippen LogP contribution in [0.3, 0.4) is 0 Å². The smallest absolute Gasteiger partial charge is 0.269 e. The second kappa shape index (κ2) is 8.33. The average molecular weight is 338 g/mol. The van der Waals surface area contributed by atoms with E-state index < -0.39 is 4.92 Å². The molecule has 5 heteroatoms. The molecule has 2 rings (SSSR count). The van der Waals surface area contributed by atoms with Crippen molar-refractivity contribution in [3.63, 3.8) is 0 Å². The maximum Gasteiger partial charge on any atom is 0.269 e. The number of benzene rings is 2. The highest BCUT2D eigenvalue weighted by molar-refractivity contribution is 6.45. The quantitative estimate of drug-likeness (QED) is 0.307. The Bertz CT molecular complexity index is 765. The van der Waals surface area contributed by atoms with Crippen LogP contribution >= 0.6 is 0 Å². The van der Waals surface area contributed by atoms with Crippen LogP contribution < -0.4 is 0 Å². The van der Waals surface area contributed by atoms with Crippen molar-refractivity contribution >= 4 is 17.2 Å². The van der Waals surface area contributed by atoms with Gasteiger partial charge in [0.2, 0.25) is 5.78 Å². The first kappa shape index (κ1) is 18.5. The van der Waals surface area contributed by atoms with Gasteiger partial charge in [-0.1, -0.05) is 44.5 Å². The number of rotatable bonds is 8. The SMILES string of the molecule is CCCC(CC)C(=N)C(=O)c1ccc(-c2ccc([N+](=O)[O-])cc2)cc1. The summed E-state index contributed by atoms with van der Waals surface area (Å²) in [7, 11) is 0. The fourth-order valence-electron chi connectivity index (χ4n) is 2.83. The lowest BCUT2D eigenvalue weighted by molar-refractivity contribution is -0.384. The number of nitrogens with one attached hydrogen (secondary N) is 1. The van der Waals surface area contributed by atoms with E-state index in [-0.39, 0.29) is 23.1 Å². The second-order valence-electron chi connectivity index (χ2n) is 6.02. The minimum absolute atomic E-state index is 0.00634. The molecule has 0 saturated heterocycles. The van der Waals surface area contributed by atoms with Gasteiger partial charge in [0, 0.05) is 23.6 Å². The van der Waals surface area contributed by atoms with Crippen LogP contribution in [-0.4, -0.2) is 16.4 Å². The fraction of sp³-hybridized carbons (Fsp3) is 0.300. The van der Waals surface area contributed by atoms with Gasteiger partial charge in [0.25, 0.3) is 5.69 Å². The number of carbonyl (C=O) groups is 1. The van der Waals surface area contributed by atoms with Gasteiger partial charge in [-0.05, 0) is 36.1 Å². The minimum Gasteiger partial charge on any atom is -0.301 e. The highest BCUT2D eigenvalue weighted by Crippen LogP contribution is 2.23. The van der Waals surface area contributed by atoms with Crippen LogP contribution in [0.15, 0.2) is 48.5 Å². The summed E-state index contributed by atoms with van der Waals surface area (Å²) in [5.41, 5.74) is 2.44. The normalized spacial score (nSPS) is 11.8. The third-order valence-corrected chi connectivity index (χ3v) is 4.34. The molecule has 0 heterocycles. The number of nitrogens with zero attached hydrogens (tertiary/aromatic N) is 1. The molecule has 2 aromatic rings. The van der Waals surface area contributed by atoms with E-state index in [0.717, 1.165) is 30.4 Å². The van der Waals surface area contributed by atoms with Gasteiger partial charge in [0.1, 0.15) is 0 Å². The van der Waals surface area contributed by atoms with Gasteiger partial charge in [-0.2, -0.15) is 0 Å². The monoisotopic (exact) mass is 338 g/mol. The van der Waals surface area contributed by atoms with E-state index >= 15 is 0 Å². The zero-order valence-electron chi connectivity index (χ0n) is 14.5. The average Bonchev–Trinajstić information content (AvgIpc) is 2.65. The summed E-state index contributed by atoms with van der Waals surface area (Å²) in [6.45, 7) is 4.05. The van der Waals surface area contributed by atoms with E-state index in [1.54, 1.807) is 24.3 Å². The maximum absolute atomic E-state index is 12.5. The van der Waals surface area contributed by atoms with E-state index in [9.17, 15) is 14.9 Å². The standard InChI is InChI=1S/C20H22N2O3/c1-3-5-14(4-2)19(21)20(23)17-8-6-15(7-9-17)16-10-12-18(13-11-16)22(24)25/h6-14,21H,3-5H2,1-2H3. The first-order valence-corrected chi connectivity index (χ1v) is 8.45. The molecule has 0 aromatic heterocycles. The van der Waals surface area contributed by atoms with E-state index in [4.69, 9.17) is 5.41 Å². The predicted octanol–water partition coefficient (Wildman–Crippen LogP) is 5.29. The van der Waals surface area contributed by atoms with Crippen LogP contribution in [-0.2, 0) is 0 Å². The number of carbonyl (C=O) groups excluding carboxylic acids is 1. The number of nitro groups is 1. The summed E-state index contributed by atoms with van der Waals surface area (Å²) in [6, 6.07) is 13.3. The third kappa shape index (κ3) is 4.38. The molecule has 0 amide bonds. The van der Waals surface area contributed by atoms with Crippen molar-refractivity contribution in [1.82, 2.24) is 0 Å². The van der Waals surface area contributed by atoms with Crippen LogP contribution in [0.25, 0.3) is 11.1 Å². The molecule has 0 aliphatic heterocycles. The van der Waals surface area contributed by atoms with Crippen molar-refractivity contribution in [1.29, 1.82) is 5.41 Å². The summed E-state index contributed by atoms with van der Waals surface area (Å²) >= 11 is 0. The van der Waals surface area contributed by atoms with Crippen molar-refractivity contribution in [2.45, 2.75) is 33.1 Å². The lowest BCUT2D eigenvalue weighted by atomic mass is 9.90. The van der Waals surface area contributed by atoms with Gasteiger partial charge in [-0.15, -0.1) is 0 Å². The van der Waals surface area contributed by atoms with Gasteiger partial charge >= 0.3 is 0 Å². The summed E-state index contributed by atoms with van der Waals surface area (Å²) in [5, 5.41) is 18.9. The molecule has 0 aliphatic carbocycles. The maximum atomic E-state index is 12.5. The highest BCUT2D eigenvalue weighted by Gasteiger charge is 2.20. The van der Waals surface area contributed by atoms with E-state index in [1.807, 2.05) is 19.1 Å². The molecule has 1 unspecified atom stereocenters. The van der Waals surface area contributed by atoms with Gasteiger partial charge in [-0.3, -0.25) is 14.9 Å². The molecule has 1 N–H and O–H groups in total. The van der Waals surface area contributed by atoms with Crippen molar-refractivity contribution in [2.24, 2.45) is 5.92 Å². The molecule has 0 spiro atoms. The number of nitro benzene ring substituents is 1. The van der Waals surface area contributed by atoms with Crippen LogP contribution in [0.5, 0.6) is 0 Å². The van der Waals surface area contributed by atoms with E-state index in [2.05, 4.69) is 6.92 Å². The highest BCUT2D eigenvalue weighted by atomic mass is 16.6. The Kier molecular flexibility index (Phi) is 6.17. The molecule has 1 atom stereocenters. The van der Waals surface area contributed by atoms with Gasteiger partial charge < -0.3 is 5.41 Å². The molecule has 130 valence electrons. The molecular weight excluding hydrogens is 316 g/mol. The van der Waals surface area contributed by atoms with E-state index in [1.165, 1.54) is 12.1 Å². The topological polar surface area (TPSA) is 84.1 Å². The Hall–Kier alpha value is -2.82. The number of hydrogen-bond donors (Lipinski definition) is 1. The van der Waals surface area contributed by atoms with Crippen molar-refractivity contribution in [3.05, 3.63) is 64.2 Å². The van der Waals surface area contributed by atoms with Crippen LogP contribution in [0, 0.1) is 21.4 Å². The predicted molar refractivity (Wildman–Crippen MR) is 99.3 cm³/mol. The molecular formula is C20H22N2O3. The van der Waals surface area contributed by atoms with Crippen LogP contribution in [0.1, 0.15) is 43.5 Å². The van der Waals surface area contributed by atoms with Gasteiger partial charge in [-0.25, -0.2) is 0 Å². The lowest BCUT2D eigenvalue weighted by Crippen LogP contribution is -2.22. The number of hydrogen-bond acceptors (Lipinski definition) is 4. The Morgan fingerprint density at radius 1 is 1.04 bits per heavy atom. The molecule has 0 fully saturated rings. The minimum atomic E-state index is -0.433. The Balaban J connectivity index is 2.17. The van der Waals surface area contributed by atoms with Gasteiger partial charge in [0.05, 0.1) is 10.6 Å². The molecule has 25 heavy (non-hydrogen) atoms. The molecule has 0 aliphatic rings. The molecule has 5 nitrogen and oxygen atoms in total. The Morgan fingerprint density at radius 3 is 2.00 bits per heavy atom. The molecule has 0 radical (unpaired) electrons. The van der Waals surface area contributed by atoms with Crippen LogP contribution in [0.2, 0.25) is 0 Å². The largest absolute Gasteiger partial charge is 0.301 e. The first-order chi connectivity index (χ1) is 12.0. The number of non-ortho nitro benzene ring substituents is 1. The van der Waals surface area contributed by atoms with Crippen molar-refractivity contribution < 1.29 is 9.72 Å². The Labute approximate surface area is 147 Å². The molecule has 0 saturated carbocycles. The Morgan fingerprint density at radius 2 is 1.56 bits per heavy atom. The zero-order chi connectivity index (χ0) is 18.4. The summed E-state index contributed by atoms with van der Waals surface area (Å²) in [4.78, 5) is 22.8. The first-order valence-electron chi connectivity index (χ1n) is 8.45. The summed E-state index contributed by atoms with van der Waals surface area (Å²) in [5.74, 6) is -0.220. The fourth-order valence-corrected chi connectivity index (χ4v) is 2.83. The molecule has 0 bridgehead atoms. The zero-order valence-corrected chi connectivity index (χ0v) is 14.5.